The lowest BCUT2D eigenvalue weighted by Crippen LogP contribution is -1.94. The van der Waals surface area contributed by atoms with E-state index in [1.54, 1.807) is 11.3 Å². The van der Waals surface area contributed by atoms with E-state index in [0.29, 0.717) is 16.8 Å². The molecule has 50 heavy (non-hydrogen) atoms. The van der Waals surface area contributed by atoms with E-state index < -0.39 is 0 Å². The van der Waals surface area contributed by atoms with Crippen LogP contribution in [0.15, 0.2) is 138 Å². The molecule has 0 aliphatic rings. The van der Waals surface area contributed by atoms with Crippen molar-refractivity contribution in [3.8, 4) is 17.4 Å². The summed E-state index contributed by atoms with van der Waals surface area (Å²) in [4.78, 5) is 3.70. The van der Waals surface area contributed by atoms with E-state index in [1.807, 2.05) is 30.3 Å². The van der Waals surface area contributed by atoms with Crippen LogP contribution in [0.2, 0.25) is 0 Å². The first kappa shape index (κ1) is 27.1. The molecule has 6 heteroatoms. The number of aromatic nitrogens is 2. The van der Waals surface area contributed by atoms with Gasteiger partial charge in [0.2, 0.25) is 0 Å². The van der Waals surface area contributed by atoms with Crippen molar-refractivity contribution in [3.05, 3.63) is 150 Å². The lowest BCUT2D eigenvalue weighted by atomic mass is 10.1. The quantitative estimate of drug-likeness (QED) is 0.174. The summed E-state index contributed by atoms with van der Waals surface area (Å²) in [5.74, 6) is 0. The van der Waals surface area contributed by atoms with Gasteiger partial charge in [-0.25, -0.2) is 4.85 Å². The average molecular weight is 655 g/mol. The third kappa shape index (κ3) is 3.52. The monoisotopic (exact) mass is 654 g/mol. The van der Waals surface area contributed by atoms with E-state index in [9.17, 15) is 5.26 Å². The zero-order valence-corrected chi connectivity index (χ0v) is 27.1. The number of furan rings is 1. The molecule has 0 atom stereocenters. The van der Waals surface area contributed by atoms with Crippen LogP contribution >= 0.6 is 11.3 Å². The van der Waals surface area contributed by atoms with Crippen LogP contribution in [0, 0.1) is 17.9 Å². The Kier molecular flexibility index (Phi) is 5.34. The topological polar surface area (TPSA) is 51.1 Å². The molecule has 0 N–H and O–H groups in total. The second kappa shape index (κ2) is 9.84. The summed E-state index contributed by atoms with van der Waals surface area (Å²) >= 11 is 1.80. The van der Waals surface area contributed by atoms with Gasteiger partial charge in [0.15, 0.2) is 16.9 Å². The highest BCUT2D eigenvalue weighted by atomic mass is 32.1. The number of thiophene rings is 1. The van der Waals surface area contributed by atoms with Gasteiger partial charge in [0.25, 0.3) is 0 Å². The Morgan fingerprint density at radius 3 is 1.90 bits per heavy atom. The number of hydrogen-bond donors (Lipinski definition) is 0. The van der Waals surface area contributed by atoms with Crippen molar-refractivity contribution in [2.75, 3.05) is 0 Å². The number of nitrogens with zero attached hydrogens (tertiary/aromatic N) is 4. The molecule has 0 radical (unpaired) electrons. The van der Waals surface area contributed by atoms with Gasteiger partial charge in [0.05, 0.1) is 34.2 Å². The highest BCUT2D eigenvalue weighted by Gasteiger charge is 2.21. The fraction of sp³-hybridized carbons (Fsp3) is 0. The minimum Gasteiger partial charge on any atom is -0.452 e. The van der Waals surface area contributed by atoms with E-state index in [1.165, 1.54) is 20.2 Å². The molecule has 0 amide bonds. The number of nitriles is 1. The smallest absolute Gasteiger partial charge is 0.188 e. The van der Waals surface area contributed by atoms with Gasteiger partial charge in [-0.15, -0.1) is 11.3 Å². The molecule has 0 unspecified atom stereocenters. The van der Waals surface area contributed by atoms with E-state index in [4.69, 9.17) is 11.0 Å². The zero-order valence-electron chi connectivity index (χ0n) is 26.3. The highest BCUT2D eigenvalue weighted by molar-refractivity contribution is 7.25. The fourth-order valence-corrected chi connectivity index (χ4v) is 9.07. The molecule has 0 fully saturated rings. The number of benzene rings is 7. The van der Waals surface area contributed by atoms with Crippen LogP contribution in [-0.2, 0) is 0 Å². The first-order valence-corrected chi connectivity index (χ1v) is 17.2. The Morgan fingerprint density at radius 2 is 1.16 bits per heavy atom. The molecule has 11 aromatic rings. The van der Waals surface area contributed by atoms with Crippen molar-refractivity contribution < 1.29 is 4.42 Å². The SMILES string of the molecule is [C-]#[N+]c1ccc2c(c1)c1ccccc1n2-c1ccc2sc3ccc(-n4c5ccccc5c5ccc6c7cccc(C#N)c7oc6c54)cc3c2c1. The molecule has 5 nitrogen and oxygen atoms in total. The van der Waals surface area contributed by atoms with Crippen LogP contribution in [0.5, 0.6) is 0 Å². The molecular formula is C44H22N4OS. The maximum Gasteiger partial charge on any atom is 0.188 e. The summed E-state index contributed by atoms with van der Waals surface area (Å²) < 4.78 is 13.7. The lowest BCUT2D eigenvalue weighted by molar-refractivity contribution is 0.670. The molecule has 4 aromatic heterocycles. The van der Waals surface area contributed by atoms with Crippen molar-refractivity contribution in [1.29, 1.82) is 5.26 Å². The molecule has 0 aliphatic heterocycles. The molecule has 0 spiro atoms. The van der Waals surface area contributed by atoms with Crippen molar-refractivity contribution in [3.63, 3.8) is 0 Å². The van der Waals surface area contributed by atoms with Gasteiger partial charge in [0.1, 0.15) is 6.07 Å². The minimum absolute atomic E-state index is 0.534. The summed E-state index contributed by atoms with van der Waals surface area (Å²) in [6.07, 6.45) is 0. The number of para-hydroxylation sites is 3. The van der Waals surface area contributed by atoms with Gasteiger partial charge in [-0.3, -0.25) is 0 Å². The number of fused-ring (bicyclic) bond motifs is 13. The van der Waals surface area contributed by atoms with Gasteiger partial charge in [-0.2, -0.15) is 5.26 Å². The van der Waals surface area contributed by atoms with E-state index in [-0.39, 0.29) is 0 Å². The lowest BCUT2D eigenvalue weighted by Gasteiger charge is -2.10. The van der Waals surface area contributed by atoms with E-state index in [2.05, 4.69) is 123 Å². The van der Waals surface area contributed by atoms with Gasteiger partial charge < -0.3 is 13.6 Å². The largest absolute Gasteiger partial charge is 0.452 e. The summed E-state index contributed by atoms with van der Waals surface area (Å²) in [7, 11) is 0. The second-order valence-corrected chi connectivity index (χ2v) is 13.8. The summed E-state index contributed by atoms with van der Waals surface area (Å²) in [5.41, 5.74) is 8.99. The van der Waals surface area contributed by atoms with Crippen LogP contribution < -0.4 is 0 Å². The predicted octanol–water partition coefficient (Wildman–Crippen LogP) is 12.6. The van der Waals surface area contributed by atoms with Crippen molar-refractivity contribution in [1.82, 2.24) is 9.13 Å². The molecule has 7 aromatic carbocycles. The Labute approximate surface area is 288 Å². The molecule has 11 rings (SSSR count). The van der Waals surface area contributed by atoms with Crippen LogP contribution in [0.3, 0.4) is 0 Å². The summed E-state index contributed by atoms with van der Waals surface area (Å²) in [6.45, 7) is 7.59. The second-order valence-electron chi connectivity index (χ2n) is 12.7. The standard InChI is InChI=1S/C44H22N4OS/c1-46-26-13-18-39-34(21-26)30-9-3-4-11-37(30)47(39)27-14-19-40-35(22-27)36-23-28(15-20-41(36)50-40)48-38-12-5-2-8-29(38)31-16-17-33-32-10-6-7-25(24-45)43(32)49-44(33)42(31)48/h2-23H. The van der Waals surface area contributed by atoms with Crippen molar-refractivity contribution in [2.24, 2.45) is 0 Å². The number of rotatable bonds is 2. The number of hydrogen-bond acceptors (Lipinski definition) is 3. The maximum atomic E-state index is 9.87. The fourth-order valence-electron chi connectivity index (χ4n) is 8.00. The van der Waals surface area contributed by atoms with E-state index in [0.717, 1.165) is 71.3 Å². The van der Waals surface area contributed by atoms with Crippen molar-refractivity contribution >= 4 is 103 Å². The molecule has 0 saturated heterocycles. The van der Waals surface area contributed by atoms with Gasteiger partial charge >= 0.3 is 0 Å². The van der Waals surface area contributed by atoms with E-state index >= 15 is 0 Å². The van der Waals surface area contributed by atoms with Crippen molar-refractivity contribution in [2.45, 2.75) is 0 Å². The van der Waals surface area contributed by atoms with Crippen LogP contribution in [0.4, 0.5) is 5.69 Å². The van der Waals surface area contributed by atoms with Gasteiger partial charge in [0, 0.05) is 58.5 Å². The minimum atomic E-state index is 0.534. The molecular weight excluding hydrogens is 633 g/mol. The third-order valence-corrected chi connectivity index (χ3v) is 11.3. The first-order valence-electron chi connectivity index (χ1n) is 16.4. The Bertz CT molecular complexity index is 3360. The van der Waals surface area contributed by atoms with Crippen LogP contribution in [0.25, 0.3) is 102 Å². The molecule has 4 heterocycles. The summed E-state index contributed by atoms with van der Waals surface area (Å²) in [6, 6.07) is 48.7. The Hall–Kier alpha value is -6.86. The van der Waals surface area contributed by atoms with Crippen LogP contribution in [-0.4, -0.2) is 9.13 Å². The Morgan fingerprint density at radius 1 is 0.540 bits per heavy atom. The van der Waals surface area contributed by atoms with Gasteiger partial charge in [-0.05, 0) is 78.2 Å². The molecule has 0 bridgehead atoms. The molecule has 0 aliphatic carbocycles. The summed E-state index contributed by atoms with van der Waals surface area (Å²) in [5, 5.41) is 18.7. The predicted molar refractivity (Wildman–Crippen MR) is 206 cm³/mol. The normalized spacial score (nSPS) is 12.0. The maximum absolute atomic E-state index is 9.87. The third-order valence-electron chi connectivity index (χ3n) is 10.2. The average Bonchev–Trinajstić information content (AvgIpc) is 3.91. The van der Waals surface area contributed by atoms with Crippen LogP contribution in [0.1, 0.15) is 5.56 Å². The van der Waals surface area contributed by atoms with Gasteiger partial charge in [-0.1, -0.05) is 60.7 Å². The molecule has 0 saturated carbocycles. The zero-order chi connectivity index (χ0) is 33.1. The first-order chi connectivity index (χ1) is 24.7. The molecule has 230 valence electrons. The Balaban J connectivity index is 1.19. The highest BCUT2D eigenvalue weighted by Crippen LogP contribution is 2.43.